The normalized spacial score (nSPS) is 15.8. The van der Waals surface area contributed by atoms with Gasteiger partial charge in [-0.05, 0) is 42.8 Å². The van der Waals surface area contributed by atoms with Gasteiger partial charge in [0.05, 0.1) is 23.4 Å². The van der Waals surface area contributed by atoms with Gasteiger partial charge >= 0.3 is 6.18 Å². The minimum atomic E-state index is -4.68. The topological polar surface area (TPSA) is 77.0 Å². The lowest BCUT2D eigenvalue weighted by Crippen LogP contribution is -2.43. The van der Waals surface area contributed by atoms with Crippen molar-refractivity contribution in [3.05, 3.63) is 70.7 Å². The van der Waals surface area contributed by atoms with E-state index >= 15 is 0 Å². The van der Waals surface area contributed by atoms with Crippen molar-refractivity contribution in [2.45, 2.75) is 25.8 Å². The molecule has 0 fully saturated rings. The third-order valence-corrected chi connectivity index (χ3v) is 5.09. The summed E-state index contributed by atoms with van der Waals surface area (Å²) < 4.78 is 54.2. The Labute approximate surface area is 180 Å². The highest BCUT2D eigenvalue weighted by molar-refractivity contribution is 6.07. The number of halogens is 4. The third kappa shape index (κ3) is 3.89. The van der Waals surface area contributed by atoms with Crippen molar-refractivity contribution in [1.82, 2.24) is 14.8 Å². The van der Waals surface area contributed by atoms with Crippen molar-refractivity contribution in [2.75, 3.05) is 17.2 Å². The molecule has 10 heteroatoms. The molecule has 0 spiro atoms. The van der Waals surface area contributed by atoms with E-state index in [1.54, 1.807) is 12.1 Å². The molecule has 3 aromatic rings. The zero-order valence-corrected chi connectivity index (χ0v) is 16.8. The number of hydrogen-bond donors (Lipinski definition) is 1. The Balaban J connectivity index is 1.71. The highest BCUT2D eigenvalue weighted by atomic mass is 19.4. The molecule has 1 amide bonds. The summed E-state index contributed by atoms with van der Waals surface area (Å²) in [5.41, 5.74) is 5.31. The van der Waals surface area contributed by atoms with Crippen LogP contribution in [0.4, 0.5) is 29.1 Å². The van der Waals surface area contributed by atoms with Gasteiger partial charge in [0, 0.05) is 24.0 Å². The number of aromatic nitrogens is 3. The van der Waals surface area contributed by atoms with Crippen LogP contribution in [-0.2, 0) is 12.9 Å². The summed E-state index contributed by atoms with van der Waals surface area (Å²) >= 11 is 0. The van der Waals surface area contributed by atoms with E-state index < -0.39 is 29.9 Å². The van der Waals surface area contributed by atoms with E-state index in [4.69, 9.17) is 5.73 Å². The second kappa shape index (κ2) is 8.00. The molecule has 0 aliphatic carbocycles. The number of benzene rings is 1. The second-order valence-corrected chi connectivity index (χ2v) is 7.31. The third-order valence-electron chi connectivity index (χ3n) is 5.09. The molecule has 32 heavy (non-hydrogen) atoms. The average Bonchev–Trinajstić information content (AvgIpc) is 3.20. The van der Waals surface area contributed by atoms with Gasteiger partial charge in [0.1, 0.15) is 18.2 Å². The van der Waals surface area contributed by atoms with Crippen LogP contribution in [0.3, 0.4) is 0 Å². The summed E-state index contributed by atoms with van der Waals surface area (Å²) in [5.74, 6) is 5.65. The first kappa shape index (κ1) is 21.4. The fourth-order valence-corrected chi connectivity index (χ4v) is 3.53. The van der Waals surface area contributed by atoms with Gasteiger partial charge in [-0.25, -0.2) is 9.37 Å². The number of amides is 1. The summed E-state index contributed by atoms with van der Waals surface area (Å²) in [6.45, 7) is 0.682. The number of alkyl halides is 4. The summed E-state index contributed by atoms with van der Waals surface area (Å²) in [4.78, 5) is 18.5. The lowest BCUT2D eigenvalue weighted by atomic mass is 10.0. The number of fused-ring (bicyclic) bond motifs is 1. The van der Waals surface area contributed by atoms with Crippen LogP contribution in [0.1, 0.15) is 45.7 Å². The zero-order chi connectivity index (χ0) is 23.0. The Morgan fingerprint density at radius 3 is 2.62 bits per heavy atom. The summed E-state index contributed by atoms with van der Waals surface area (Å²) in [6, 6.07) is 6.03. The van der Waals surface area contributed by atoms with Crippen molar-refractivity contribution in [3.8, 4) is 11.8 Å². The molecule has 1 aromatic carbocycles. The second-order valence-electron chi connectivity index (χ2n) is 7.31. The lowest BCUT2D eigenvalue weighted by molar-refractivity contribution is -0.138. The van der Waals surface area contributed by atoms with Crippen LogP contribution >= 0.6 is 0 Å². The van der Waals surface area contributed by atoms with Crippen molar-refractivity contribution in [3.63, 3.8) is 0 Å². The molecule has 1 atom stereocenters. The van der Waals surface area contributed by atoms with Crippen molar-refractivity contribution in [2.24, 2.45) is 0 Å². The first-order valence-electron chi connectivity index (χ1n) is 9.58. The van der Waals surface area contributed by atoms with E-state index in [1.807, 2.05) is 6.92 Å². The van der Waals surface area contributed by atoms with Gasteiger partial charge < -0.3 is 10.6 Å². The molecule has 0 unspecified atom stereocenters. The van der Waals surface area contributed by atoms with Crippen LogP contribution < -0.4 is 10.6 Å². The number of carbonyl (C=O) groups excluding carboxylic acids is 1. The molecule has 164 valence electrons. The fourth-order valence-electron chi connectivity index (χ4n) is 3.53. The maximum atomic E-state index is 13.3. The van der Waals surface area contributed by atoms with Crippen LogP contribution in [0.25, 0.3) is 0 Å². The molecule has 0 saturated carbocycles. The number of carbonyl (C=O) groups is 1. The standard InChI is InChI=1S/C22H17F4N5O/c1-13-12-30(17-5-6-18(22(24,25)26)16(8-17)9-23)21(32)20-15(11-29-31(13)20)4-2-14-3-7-19(27)28-10-14/h3,5-8,10-11,13H,9,12H2,1H3,(H2,27,28)/t13-/m0/s1. The monoisotopic (exact) mass is 443 g/mol. The molecule has 0 saturated heterocycles. The molecule has 3 heterocycles. The van der Waals surface area contributed by atoms with E-state index in [9.17, 15) is 22.4 Å². The van der Waals surface area contributed by atoms with Gasteiger partial charge in [-0.2, -0.15) is 18.3 Å². The van der Waals surface area contributed by atoms with Crippen molar-refractivity contribution < 1.29 is 22.4 Å². The highest BCUT2D eigenvalue weighted by Crippen LogP contribution is 2.36. The molecule has 0 bridgehead atoms. The molecule has 6 nitrogen and oxygen atoms in total. The summed E-state index contributed by atoms with van der Waals surface area (Å²) in [6.07, 6.45) is -1.72. The average molecular weight is 443 g/mol. The largest absolute Gasteiger partial charge is 0.416 e. The number of anilines is 2. The van der Waals surface area contributed by atoms with Gasteiger partial charge in [0.25, 0.3) is 5.91 Å². The van der Waals surface area contributed by atoms with E-state index in [-0.39, 0.29) is 24.0 Å². The van der Waals surface area contributed by atoms with E-state index in [0.717, 1.165) is 12.1 Å². The smallest absolute Gasteiger partial charge is 0.384 e. The van der Waals surface area contributed by atoms with Gasteiger partial charge in [-0.1, -0.05) is 11.8 Å². The minimum absolute atomic E-state index is 0.166. The number of rotatable bonds is 2. The van der Waals surface area contributed by atoms with Gasteiger partial charge in [-0.15, -0.1) is 0 Å². The molecule has 2 aromatic heterocycles. The van der Waals surface area contributed by atoms with Crippen LogP contribution in [-0.4, -0.2) is 27.2 Å². The number of nitrogens with two attached hydrogens (primary N) is 1. The Morgan fingerprint density at radius 2 is 1.97 bits per heavy atom. The first-order chi connectivity index (χ1) is 15.2. The van der Waals surface area contributed by atoms with E-state index in [1.165, 1.54) is 28.0 Å². The maximum Gasteiger partial charge on any atom is 0.416 e. The molecular formula is C22H17F4N5O. The Bertz CT molecular complexity index is 1240. The number of pyridine rings is 1. The first-order valence-corrected chi connectivity index (χ1v) is 9.58. The molecule has 4 rings (SSSR count). The van der Waals surface area contributed by atoms with E-state index in [0.29, 0.717) is 16.9 Å². The van der Waals surface area contributed by atoms with Gasteiger partial charge in [-0.3, -0.25) is 9.48 Å². The highest BCUT2D eigenvalue weighted by Gasteiger charge is 2.36. The van der Waals surface area contributed by atoms with Crippen molar-refractivity contribution in [1.29, 1.82) is 0 Å². The van der Waals surface area contributed by atoms with E-state index in [2.05, 4.69) is 21.9 Å². The lowest BCUT2D eigenvalue weighted by Gasteiger charge is -2.32. The Morgan fingerprint density at radius 1 is 1.19 bits per heavy atom. The number of nitrogens with zero attached hydrogens (tertiary/aromatic N) is 4. The summed E-state index contributed by atoms with van der Waals surface area (Å²) in [5, 5.41) is 4.25. The minimum Gasteiger partial charge on any atom is -0.384 e. The van der Waals surface area contributed by atoms with Crippen LogP contribution in [0.2, 0.25) is 0 Å². The maximum absolute atomic E-state index is 13.3. The van der Waals surface area contributed by atoms with Gasteiger partial charge in [0.15, 0.2) is 0 Å². The molecular weight excluding hydrogens is 426 g/mol. The Hall–Kier alpha value is -3.87. The Kier molecular flexibility index (Phi) is 5.34. The van der Waals surface area contributed by atoms with Crippen LogP contribution in [0.15, 0.2) is 42.7 Å². The van der Waals surface area contributed by atoms with Crippen molar-refractivity contribution >= 4 is 17.4 Å². The quantitative estimate of drug-likeness (QED) is 0.480. The molecule has 0 radical (unpaired) electrons. The molecule has 1 aliphatic heterocycles. The predicted molar refractivity (Wildman–Crippen MR) is 109 cm³/mol. The molecule has 1 aliphatic rings. The molecule has 2 N–H and O–H groups in total. The summed E-state index contributed by atoms with van der Waals surface area (Å²) in [7, 11) is 0. The number of nitrogen functional groups attached to an aromatic ring is 1. The van der Waals surface area contributed by atoms with Crippen LogP contribution in [0.5, 0.6) is 0 Å². The fraction of sp³-hybridized carbons (Fsp3) is 0.227. The van der Waals surface area contributed by atoms with Gasteiger partial charge in [0.2, 0.25) is 0 Å². The predicted octanol–water partition coefficient (Wildman–Crippen LogP) is 3.97. The van der Waals surface area contributed by atoms with Crippen LogP contribution in [0, 0.1) is 11.8 Å². The SMILES string of the molecule is C[C@H]1CN(c2ccc(C(F)(F)F)c(CF)c2)C(=O)c2c(C#Cc3ccc(N)nc3)cnn21. The zero-order valence-electron chi connectivity index (χ0n) is 16.8. The number of hydrogen-bond acceptors (Lipinski definition) is 4.